The molecule has 1 heterocycles. The first-order valence-corrected chi connectivity index (χ1v) is 5.61. The molecule has 2 atom stereocenters. The molecule has 0 bridgehead atoms. The van der Waals surface area contributed by atoms with E-state index < -0.39 is 0 Å². The third-order valence-corrected chi connectivity index (χ3v) is 3.46. The molecule has 2 unspecified atom stereocenters. The summed E-state index contributed by atoms with van der Waals surface area (Å²) in [5.74, 6) is 0.609. The fourth-order valence-corrected chi connectivity index (χ4v) is 2.75. The molecule has 0 nitrogen and oxygen atoms in total. The number of rotatable bonds is 3. The summed E-state index contributed by atoms with van der Waals surface area (Å²) >= 11 is 7.79. The van der Waals surface area contributed by atoms with Gasteiger partial charge in [-0.2, -0.15) is 0 Å². The minimum absolute atomic E-state index is 0.279. The molecular weight excluding hydrogens is 188 g/mol. The molecule has 2 heteroatoms. The third-order valence-electron chi connectivity index (χ3n) is 2.03. The Morgan fingerprint density at radius 2 is 2.17 bits per heavy atom. The van der Waals surface area contributed by atoms with Crippen molar-refractivity contribution in [2.75, 3.05) is 0 Å². The van der Waals surface area contributed by atoms with E-state index in [-0.39, 0.29) is 5.38 Å². The van der Waals surface area contributed by atoms with Gasteiger partial charge in [0.05, 0.1) is 0 Å². The van der Waals surface area contributed by atoms with Gasteiger partial charge in [0.2, 0.25) is 0 Å². The number of hydrogen-bond donors (Lipinski definition) is 0. The maximum atomic E-state index is 5.95. The zero-order chi connectivity index (χ0) is 9.14. The second kappa shape index (κ2) is 4.29. The number of alkyl halides is 1. The number of hydrogen-bond acceptors (Lipinski definition) is 1. The van der Waals surface area contributed by atoms with Crippen LogP contribution < -0.4 is 0 Å². The van der Waals surface area contributed by atoms with E-state index in [0.29, 0.717) is 5.92 Å². The summed E-state index contributed by atoms with van der Waals surface area (Å²) in [4.78, 5) is 1.49. The van der Waals surface area contributed by atoms with E-state index in [0.717, 1.165) is 6.42 Å². The van der Waals surface area contributed by atoms with Crippen LogP contribution >= 0.6 is 22.9 Å². The van der Waals surface area contributed by atoms with Crippen molar-refractivity contribution in [1.82, 2.24) is 0 Å². The van der Waals surface area contributed by atoms with Crippen molar-refractivity contribution in [3.63, 3.8) is 0 Å². The average Bonchev–Trinajstić information content (AvgIpc) is 2.33. The molecule has 1 aromatic rings. The molecule has 0 aromatic carbocycles. The Bertz CT molecular complexity index is 240. The van der Waals surface area contributed by atoms with Crippen LogP contribution in [0.25, 0.3) is 0 Å². The number of halogens is 1. The summed E-state index contributed by atoms with van der Waals surface area (Å²) in [6.45, 7) is 6.47. The minimum atomic E-state index is 0.279. The molecular formula is C10H15ClS. The first-order chi connectivity index (χ1) is 5.61. The fourth-order valence-electron chi connectivity index (χ4n) is 1.48. The molecule has 0 aliphatic carbocycles. The predicted octanol–water partition coefficient (Wildman–Crippen LogP) is 4.18. The summed E-state index contributed by atoms with van der Waals surface area (Å²) < 4.78 is 0. The summed E-state index contributed by atoms with van der Waals surface area (Å²) in [5, 5.41) is 2.43. The van der Waals surface area contributed by atoms with Crippen molar-refractivity contribution in [2.24, 2.45) is 0 Å². The van der Waals surface area contributed by atoms with Gasteiger partial charge in [0.15, 0.2) is 0 Å². The lowest BCUT2D eigenvalue weighted by atomic mass is 10.0. The lowest BCUT2D eigenvalue weighted by molar-refractivity contribution is 0.678. The average molecular weight is 203 g/mol. The summed E-state index contributed by atoms with van der Waals surface area (Å²) in [6.07, 6.45) is 1.07. The van der Waals surface area contributed by atoms with Gasteiger partial charge in [0.1, 0.15) is 0 Å². The molecule has 0 saturated heterocycles. The quantitative estimate of drug-likeness (QED) is 0.646. The highest BCUT2D eigenvalue weighted by Gasteiger charge is 2.11. The molecule has 0 spiro atoms. The SMILES string of the molecule is Cc1ccsc1C(C)CC(C)Cl. The summed E-state index contributed by atoms with van der Waals surface area (Å²) in [5.41, 5.74) is 1.41. The number of aryl methyl sites for hydroxylation is 1. The lowest BCUT2D eigenvalue weighted by Crippen LogP contribution is -1.99. The molecule has 12 heavy (non-hydrogen) atoms. The van der Waals surface area contributed by atoms with Crippen molar-refractivity contribution in [3.8, 4) is 0 Å². The van der Waals surface area contributed by atoms with Crippen molar-refractivity contribution < 1.29 is 0 Å². The first kappa shape index (κ1) is 10.1. The molecule has 0 aliphatic heterocycles. The van der Waals surface area contributed by atoms with Gasteiger partial charge >= 0.3 is 0 Å². The molecule has 0 aliphatic rings. The smallest absolute Gasteiger partial charge is 0.0313 e. The molecule has 0 saturated carbocycles. The van der Waals surface area contributed by atoms with Crippen molar-refractivity contribution in [3.05, 3.63) is 21.9 Å². The van der Waals surface area contributed by atoms with Gasteiger partial charge in [-0.05, 0) is 43.2 Å². The Morgan fingerprint density at radius 3 is 2.58 bits per heavy atom. The summed E-state index contributed by atoms with van der Waals surface area (Å²) in [6, 6.07) is 2.18. The fraction of sp³-hybridized carbons (Fsp3) is 0.600. The van der Waals surface area contributed by atoms with Crippen LogP contribution in [0.1, 0.15) is 36.6 Å². The Morgan fingerprint density at radius 1 is 1.50 bits per heavy atom. The highest BCUT2D eigenvalue weighted by atomic mass is 35.5. The normalized spacial score (nSPS) is 16.0. The van der Waals surface area contributed by atoms with Crippen molar-refractivity contribution >= 4 is 22.9 Å². The van der Waals surface area contributed by atoms with E-state index in [1.807, 2.05) is 11.3 Å². The van der Waals surface area contributed by atoms with Crippen molar-refractivity contribution in [1.29, 1.82) is 0 Å². The van der Waals surface area contributed by atoms with E-state index in [1.165, 1.54) is 10.4 Å². The van der Waals surface area contributed by atoms with Gasteiger partial charge in [0, 0.05) is 10.3 Å². The van der Waals surface area contributed by atoms with E-state index in [4.69, 9.17) is 11.6 Å². The Kier molecular flexibility index (Phi) is 3.60. The Hall–Kier alpha value is -0.0100. The zero-order valence-corrected chi connectivity index (χ0v) is 9.38. The van der Waals surface area contributed by atoms with Gasteiger partial charge in [-0.1, -0.05) is 6.92 Å². The lowest BCUT2D eigenvalue weighted by Gasteiger charge is -2.11. The van der Waals surface area contributed by atoms with Gasteiger partial charge in [-0.15, -0.1) is 22.9 Å². The minimum Gasteiger partial charge on any atom is -0.148 e. The molecule has 1 rings (SSSR count). The maximum Gasteiger partial charge on any atom is 0.0313 e. The Labute approximate surface area is 83.6 Å². The second-order valence-corrected chi connectivity index (χ2v) is 5.08. The van der Waals surface area contributed by atoms with Gasteiger partial charge < -0.3 is 0 Å². The summed E-state index contributed by atoms with van der Waals surface area (Å²) in [7, 11) is 0. The van der Waals surface area contributed by atoms with Crippen LogP contribution in [0.4, 0.5) is 0 Å². The zero-order valence-electron chi connectivity index (χ0n) is 7.80. The van der Waals surface area contributed by atoms with Gasteiger partial charge in [0.25, 0.3) is 0 Å². The predicted molar refractivity (Wildman–Crippen MR) is 57.4 cm³/mol. The van der Waals surface area contributed by atoms with Crippen LogP contribution in [-0.2, 0) is 0 Å². The molecule has 0 radical (unpaired) electrons. The molecule has 68 valence electrons. The molecule has 0 fully saturated rings. The highest BCUT2D eigenvalue weighted by molar-refractivity contribution is 7.10. The molecule has 0 amide bonds. The van der Waals surface area contributed by atoms with Crippen LogP contribution in [0.5, 0.6) is 0 Å². The largest absolute Gasteiger partial charge is 0.148 e. The van der Waals surface area contributed by atoms with Crippen molar-refractivity contribution in [2.45, 2.75) is 38.5 Å². The van der Waals surface area contributed by atoms with E-state index in [2.05, 4.69) is 32.2 Å². The molecule has 1 aromatic heterocycles. The van der Waals surface area contributed by atoms with Gasteiger partial charge in [-0.25, -0.2) is 0 Å². The topological polar surface area (TPSA) is 0 Å². The van der Waals surface area contributed by atoms with Crippen LogP contribution in [0.3, 0.4) is 0 Å². The first-order valence-electron chi connectivity index (χ1n) is 4.29. The monoisotopic (exact) mass is 202 g/mol. The third kappa shape index (κ3) is 2.49. The van der Waals surface area contributed by atoms with E-state index in [9.17, 15) is 0 Å². The molecule has 0 N–H and O–H groups in total. The van der Waals surface area contributed by atoms with E-state index >= 15 is 0 Å². The van der Waals surface area contributed by atoms with Crippen LogP contribution in [0.15, 0.2) is 11.4 Å². The highest BCUT2D eigenvalue weighted by Crippen LogP contribution is 2.29. The number of thiophene rings is 1. The second-order valence-electron chi connectivity index (χ2n) is 3.39. The van der Waals surface area contributed by atoms with Crippen LogP contribution in [0.2, 0.25) is 0 Å². The van der Waals surface area contributed by atoms with Crippen LogP contribution in [-0.4, -0.2) is 5.38 Å². The Balaban J connectivity index is 2.65. The maximum absolute atomic E-state index is 5.95. The standard InChI is InChI=1S/C10H15ClS/c1-7-4-5-12-10(7)8(2)6-9(3)11/h4-5,8-9H,6H2,1-3H3. The van der Waals surface area contributed by atoms with E-state index in [1.54, 1.807) is 0 Å². The van der Waals surface area contributed by atoms with Crippen LogP contribution in [0, 0.1) is 6.92 Å². The van der Waals surface area contributed by atoms with Gasteiger partial charge in [-0.3, -0.25) is 0 Å².